The second-order valence-corrected chi connectivity index (χ2v) is 3.79. The normalized spacial score (nSPS) is 44.7. The molecule has 2 heterocycles. The largest absolute Gasteiger partial charge is 0.394 e. The minimum absolute atomic E-state index is 0.0422. The number of aliphatic hydroxyl groups excluding tert-OH is 2. The van der Waals surface area contributed by atoms with E-state index in [1.807, 2.05) is 0 Å². The first kappa shape index (κ1) is 7.53. The van der Waals surface area contributed by atoms with Gasteiger partial charge in [-0.25, -0.2) is 0 Å². The Labute approximate surface area is 66.6 Å². The van der Waals surface area contributed by atoms with E-state index in [2.05, 4.69) is 4.90 Å². The number of rotatable bonds is 1. The minimum atomic E-state index is -0.206. The highest BCUT2D eigenvalue weighted by molar-refractivity contribution is 5.02. The molecule has 0 bridgehead atoms. The van der Waals surface area contributed by atoms with E-state index in [9.17, 15) is 10.2 Å². The molecular formula is C8H15NO2. The Morgan fingerprint density at radius 3 is 3.00 bits per heavy atom. The molecule has 0 aliphatic carbocycles. The average Bonchev–Trinajstić information content (AvgIpc) is 2.43. The Morgan fingerprint density at radius 1 is 1.55 bits per heavy atom. The highest BCUT2D eigenvalue weighted by Gasteiger charge is 2.47. The Kier molecular flexibility index (Phi) is 1.67. The first-order valence-electron chi connectivity index (χ1n) is 4.31. The molecule has 11 heavy (non-hydrogen) atoms. The lowest BCUT2D eigenvalue weighted by Gasteiger charge is -2.28. The fraction of sp³-hybridized carbons (Fsp3) is 1.00. The van der Waals surface area contributed by atoms with Crippen molar-refractivity contribution < 1.29 is 10.2 Å². The summed E-state index contributed by atoms with van der Waals surface area (Å²) in [5.41, 5.74) is -0.0422. The number of β-amino-alcohol motifs (C(OH)–C–C–N with tert-alkyl or cyclic N) is 1. The van der Waals surface area contributed by atoms with Gasteiger partial charge >= 0.3 is 0 Å². The van der Waals surface area contributed by atoms with Gasteiger partial charge in [-0.1, -0.05) is 0 Å². The molecule has 2 N–H and O–H groups in total. The van der Waals surface area contributed by atoms with Gasteiger partial charge in [0.25, 0.3) is 0 Å². The van der Waals surface area contributed by atoms with E-state index in [1.54, 1.807) is 0 Å². The van der Waals surface area contributed by atoms with Gasteiger partial charge in [0, 0.05) is 12.1 Å². The van der Waals surface area contributed by atoms with E-state index in [-0.39, 0.29) is 18.2 Å². The Hall–Kier alpha value is -0.120. The summed E-state index contributed by atoms with van der Waals surface area (Å²) in [6.45, 7) is 2.03. The third kappa shape index (κ3) is 0.991. The van der Waals surface area contributed by atoms with Crippen molar-refractivity contribution in [2.45, 2.75) is 30.9 Å². The van der Waals surface area contributed by atoms with Crippen molar-refractivity contribution in [3.8, 4) is 0 Å². The highest BCUT2D eigenvalue weighted by Crippen LogP contribution is 2.38. The van der Waals surface area contributed by atoms with Crippen LogP contribution in [-0.2, 0) is 0 Å². The van der Waals surface area contributed by atoms with Gasteiger partial charge in [0.15, 0.2) is 0 Å². The first-order valence-corrected chi connectivity index (χ1v) is 4.31. The molecule has 2 aliphatic heterocycles. The monoisotopic (exact) mass is 157 g/mol. The van der Waals surface area contributed by atoms with Crippen LogP contribution in [0.4, 0.5) is 0 Å². The summed E-state index contributed by atoms with van der Waals surface area (Å²) in [7, 11) is 0. The van der Waals surface area contributed by atoms with Crippen molar-refractivity contribution >= 4 is 0 Å². The molecule has 0 aromatic rings. The molecule has 0 aromatic heterocycles. The van der Waals surface area contributed by atoms with Crippen molar-refractivity contribution in [3.63, 3.8) is 0 Å². The van der Waals surface area contributed by atoms with Crippen molar-refractivity contribution in [2.75, 3.05) is 19.7 Å². The smallest absolute Gasteiger partial charge is 0.0685 e. The van der Waals surface area contributed by atoms with Crippen LogP contribution >= 0.6 is 0 Å². The van der Waals surface area contributed by atoms with E-state index in [1.165, 1.54) is 6.42 Å². The summed E-state index contributed by atoms with van der Waals surface area (Å²) in [5, 5.41) is 18.6. The lowest BCUT2D eigenvalue weighted by Crippen LogP contribution is -2.41. The number of nitrogens with zero attached hydrogens (tertiary/aromatic N) is 1. The molecule has 3 nitrogen and oxygen atoms in total. The molecule has 2 aliphatic rings. The van der Waals surface area contributed by atoms with E-state index in [4.69, 9.17) is 0 Å². The number of hydrogen-bond acceptors (Lipinski definition) is 3. The molecule has 0 amide bonds. The molecule has 0 aromatic carbocycles. The SMILES string of the molecule is OC[C@@]12CCCN1C[C@H](O)C2. The molecule has 2 atom stereocenters. The van der Waals surface area contributed by atoms with Crippen molar-refractivity contribution in [2.24, 2.45) is 0 Å². The molecule has 2 rings (SSSR count). The quantitative estimate of drug-likeness (QED) is 0.543. The van der Waals surface area contributed by atoms with Crippen LogP contribution in [0.1, 0.15) is 19.3 Å². The van der Waals surface area contributed by atoms with Gasteiger partial charge in [-0.3, -0.25) is 4.90 Å². The molecule has 3 heteroatoms. The third-order valence-electron chi connectivity index (χ3n) is 3.08. The van der Waals surface area contributed by atoms with Crippen LogP contribution in [0.25, 0.3) is 0 Å². The molecule has 64 valence electrons. The van der Waals surface area contributed by atoms with E-state index in [0.29, 0.717) is 0 Å². The molecule has 0 radical (unpaired) electrons. The van der Waals surface area contributed by atoms with Gasteiger partial charge in [-0.15, -0.1) is 0 Å². The van der Waals surface area contributed by atoms with E-state index in [0.717, 1.165) is 25.9 Å². The molecule has 0 saturated carbocycles. The summed E-state index contributed by atoms with van der Waals surface area (Å²) in [6.07, 6.45) is 2.79. The maximum absolute atomic E-state index is 9.38. The van der Waals surface area contributed by atoms with Crippen LogP contribution in [0.15, 0.2) is 0 Å². The van der Waals surface area contributed by atoms with Crippen LogP contribution in [0.5, 0.6) is 0 Å². The fourth-order valence-corrected chi connectivity index (χ4v) is 2.51. The van der Waals surface area contributed by atoms with Gasteiger partial charge in [0.1, 0.15) is 0 Å². The van der Waals surface area contributed by atoms with Crippen LogP contribution < -0.4 is 0 Å². The van der Waals surface area contributed by atoms with Gasteiger partial charge in [0.05, 0.1) is 12.7 Å². The zero-order valence-corrected chi connectivity index (χ0v) is 6.66. The first-order chi connectivity index (χ1) is 5.27. The predicted octanol–water partition coefficient (Wildman–Crippen LogP) is -0.422. The number of fused-ring (bicyclic) bond motifs is 1. The summed E-state index contributed by atoms with van der Waals surface area (Å²) >= 11 is 0. The topological polar surface area (TPSA) is 43.7 Å². The zero-order chi connectivity index (χ0) is 7.90. The molecular weight excluding hydrogens is 142 g/mol. The Morgan fingerprint density at radius 2 is 2.36 bits per heavy atom. The Balaban J connectivity index is 2.15. The second-order valence-electron chi connectivity index (χ2n) is 3.79. The molecule has 2 saturated heterocycles. The number of aliphatic hydroxyl groups is 2. The third-order valence-corrected chi connectivity index (χ3v) is 3.08. The summed E-state index contributed by atoms with van der Waals surface area (Å²) in [4.78, 5) is 2.23. The second kappa shape index (κ2) is 2.44. The fourth-order valence-electron chi connectivity index (χ4n) is 2.51. The van der Waals surface area contributed by atoms with E-state index >= 15 is 0 Å². The average molecular weight is 157 g/mol. The van der Waals surface area contributed by atoms with Crippen LogP contribution in [0.3, 0.4) is 0 Å². The van der Waals surface area contributed by atoms with Gasteiger partial charge in [0.2, 0.25) is 0 Å². The standard InChI is InChI=1S/C8H15NO2/c10-6-8-2-1-3-9(8)5-7(11)4-8/h7,10-11H,1-6H2/t7-,8+/m1/s1. The summed E-state index contributed by atoms with van der Waals surface area (Å²) < 4.78 is 0. The lowest BCUT2D eigenvalue weighted by molar-refractivity contribution is 0.0990. The summed E-state index contributed by atoms with van der Waals surface area (Å²) in [6, 6.07) is 0. The van der Waals surface area contributed by atoms with Crippen molar-refractivity contribution in [3.05, 3.63) is 0 Å². The number of hydrogen-bond donors (Lipinski definition) is 2. The molecule has 0 spiro atoms. The summed E-state index contributed by atoms with van der Waals surface area (Å²) in [5.74, 6) is 0. The minimum Gasteiger partial charge on any atom is -0.394 e. The highest BCUT2D eigenvalue weighted by atomic mass is 16.3. The van der Waals surface area contributed by atoms with E-state index < -0.39 is 0 Å². The molecule has 0 unspecified atom stereocenters. The van der Waals surface area contributed by atoms with Gasteiger partial charge in [-0.2, -0.15) is 0 Å². The van der Waals surface area contributed by atoms with Gasteiger partial charge < -0.3 is 10.2 Å². The van der Waals surface area contributed by atoms with Crippen LogP contribution in [0.2, 0.25) is 0 Å². The van der Waals surface area contributed by atoms with Crippen molar-refractivity contribution in [1.82, 2.24) is 4.90 Å². The lowest BCUT2D eigenvalue weighted by atomic mass is 9.95. The molecule has 2 fully saturated rings. The van der Waals surface area contributed by atoms with Crippen LogP contribution in [-0.4, -0.2) is 46.5 Å². The zero-order valence-electron chi connectivity index (χ0n) is 6.66. The maximum atomic E-state index is 9.38. The van der Waals surface area contributed by atoms with Gasteiger partial charge in [-0.05, 0) is 25.8 Å². The Bertz CT molecular complexity index is 162. The predicted molar refractivity (Wildman–Crippen MR) is 41.2 cm³/mol. The van der Waals surface area contributed by atoms with Crippen molar-refractivity contribution in [1.29, 1.82) is 0 Å². The van der Waals surface area contributed by atoms with Crippen LogP contribution in [0, 0.1) is 0 Å². The maximum Gasteiger partial charge on any atom is 0.0685 e.